The van der Waals surface area contributed by atoms with E-state index in [4.69, 9.17) is 19.3 Å². The summed E-state index contributed by atoms with van der Waals surface area (Å²) in [4.78, 5) is 11.1. The van der Waals surface area contributed by atoms with Gasteiger partial charge in [0, 0.05) is 20.2 Å². The van der Waals surface area contributed by atoms with Gasteiger partial charge >= 0.3 is 5.97 Å². The predicted molar refractivity (Wildman–Crippen MR) is 83.8 cm³/mol. The molecule has 2 unspecified atom stereocenters. The Labute approximate surface area is 137 Å². The number of carbonyl (C=O) groups is 1. The molecule has 8 nitrogen and oxygen atoms in total. The van der Waals surface area contributed by atoms with Crippen molar-refractivity contribution in [2.24, 2.45) is 11.8 Å². The first-order valence-corrected chi connectivity index (χ1v) is 9.32. The molecule has 2 atom stereocenters. The van der Waals surface area contributed by atoms with Gasteiger partial charge in [0.15, 0.2) is 0 Å². The maximum absolute atomic E-state index is 12.3. The molecule has 0 bridgehead atoms. The van der Waals surface area contributed by atoms with E-state index in [1.54, 1.807) is 7.11 Å². The number of nitrogens with zero attached hydrogens (tertiary/aromatic N) is 1. The number of carboxylic acid groups (broad SMARTS) is 1. The van der Waals surface area contributed by atoms with Gasteiger partial charge in [-0.3, -0.25) is 4.79 Å². The molecule has 1 rings (SSSR count). The fourth-order valence-corrected chi connectivity index (χ4v) is 3.94. The Morgan fingerprint density at radius 2 is 1.74 bits per heavy atom. The van der Waals surface area contributed by atoms with Gasteiger partial charge in [0.1, 0.15) is 0 Å². The van der Waals surface area contributed by atoms with Crippen molar-refractivity contribution in [1.29, 1.82) is 0 Å². The number of rotatable bonds is 11. The number of sulfonamides is 1. The number of aliphatic carboxylic acids is 1. The van der Waals surface area contributed by atoms with Crippen molar-refractivity contribution in [2.45, 2.75) is 13.3 Å². The van der Waals surface area contributed by atoms with Crippen LogP contribution in [-0.2, 0) is 29.0 Å². The van der Waals surface area contributed by atoms with Crippen molar-refractivity contribution in [2.75, 3.05) is 59.0 Å². The Morgan fingerprint density at radius 3 is 2.35 bits per heavy atom. The first-order chi connectivity index (χ1) is 10.9. The minimum atomic E-state index is -3.50. The molecular formula is C14H27NO7S. The maximum Gasteiger partial charge on any atom is 0.307 e. The summed E-state index contributed by atoms with van der Waals surface area (Å²) in [6, 6.07) is 0. The average Bonchev–Trinajstić information content (AvgIpc) is 2.49. The van der Waals surface area contributed by atoms with Crippen molar-refractivity contribution in [3.63, 3.8) is 0 Å². The Kier molecular flexibility index (Phi) is 9.00. The number of carboxylic acids is 1. The largest absolute Gasteiger partial charge is 0.481 e. The number of methoxy groups -OCH3 is 1. The topological polar surface area (TPSA) is 102 Å². The molecule has 0 aromatic heterocycles. The van der Waals surface area contributed by atoms with Crippen LogP contribution in [0.3, 0.4) is 0 Å². The highest BCUT2D eigenvalue weighted by atomic mass is 32.2. The quantitative estimate of drug-likeness (QED) is 0.523. The molecule has 0 aromatic carbocycles. The zero-order chi connectivity index (χ0) is 17.3. The molecule has 1 heterocycles. The van der Waals surface area contributed by atoms with Crippen molar-refractivity contribution in [3.05, 3.63) is 0 Å². The van der Waals surface area contributed by atoms with Crippen LogP contribution in [0.5, 0.6) is 0 Å². The van der Waals surface area contributed by atoms with Crippen molar-refractivity contribution in [3.8, 4) is 0 Å². The normalized spacial score (nSPS) is 23.0. The number of hydrogen-bond donors (Lipinski definition) is 1. The third kappa shape index (κ3) is 7.58. The van der Waals surface area contributed by atoms with Gasteiger partial charge in [0.05, 0.1) is 44.7 Å². The minimum absolute atomic E-state index is 0.0368. The van der Waals surface area contributed by atoms with Crippen LogP contribution in [0.25, 0.3) is 0 Å². The summed E-state index contributed by atoms with van der Waals surface area (Å²) >= 11 is 0. The average molecular weight is 353 g/mol. The zero-order valence-corrected chi connectivity index (χ0v) is 14.6. The Hall–Kier alpha value is -0.740. The summed E-state index contributed by atoms with van der Waals surface area (Å²) < 4.78 is 41.1. The predicted octanol–water partition coefficient (Wildman–Crippen LogP) is 0.0384. The van der Waals surface area contributed by atoms with E-state index >= 15 is 0 Å². The smallest absolute Gasteiger partial charge is 0.307 e. The van der Waals surface area contributed by atoms with Gasteiger partial charge in [-0.25, -0.2) is 12.7 Å². The highest BCUT2D eigenvalue weighted by Crippen LogP contribution is 2.24. The summed E-state index contributed by atoms with van der Waals surface area (Å²) in [5.41, 5.74) is 0. The van der Waals surface area contributed by atoms with E-state index in [-0.39, 0.29) is 24.8 Å². The lowest BCUT2D eigenvalue weighted by molar-refractivity contribution is -0.143. The fraction of sp³-hybridized carbons (Fsp3) is 0.929. The van der Waals surface area contributed by atoms with Crippen LogP contribution in [0.1, 0.15) is 13.3 Å². The van der Waals surface area contributed by atoms with Crippen LogP contribution in [0.15, 0.2) is 0 Å². The van der Waals surface area contributed by atoms with Crippen molar-refractivity contribution in [1.82, 2.24) is 4.31 Å². The highest BCUT2D eigenvalue weighted by molar-refractivity contribution is 7.89. The van der Waals surface area contributed by atoms with Gasteiger partial charge in [-0.2, -0.15) is 0 Å². The molecule has 0 saturated carbocycles. The molecule has 0 amide bonds. The monoisotopic (exact) mass is 353 g/mol. The van der Waals surface area contributed by atoms with Gasteiger partial charge in [0.2, 0.25) is 10.0 Å². The summed E-state index contributed by atoms with van der Waals surface area (Å²) in [7, 11) is -1.92. The van der Waals surface area contributed by atoms with Crippen molar-refractivity contribution >= 4 is 16.0 Å². The molecule has 23 heavy (non-hydrogen) atoms. The molecular weight excluding hydrogens is 326 g/mol. The third-order valence-corrected chi connectivity index (χ3v) is 5.43. The van der Waals surface area contributed by atoms with Crippen LogP contribution in [0.2, 0.25) is 0 Å². The second-order valence-electron chi connectivity index (χ2n) is 5.73. The van der Waals surface area contributed by atoms with Crippen LogP contribution in [0.4, 0.5) is 0 Å². The second kappa shape index (κ2) is 10.2. The molecule has 0 radical (unpaired) electrons. The SMILES string of the molecule is COCCOCCOCCS(=O)(=O)N1CC(C)CC(C(=O)O)C1. The van der Waals surface area contributed by atoms with E-state index in [9.17, 15) is 13.2 Å². The molecule has 9 heteroatoms. The summed E-state index contributed by atoms with van der Waals surface area (Å²) in [5, 5.41) is 9.11. The van der Waals surface area contributed by atoms with E-state index < -0.39 is 21.9 Å². The minimum Gasteiger partial charge on any atom is -0.481 e. The number of hydrogen-bond acceptors (Lipinski definition) is 6. The lowest BCUT2D eigenvalue weighted by Gasteiger charge is -2.33. The van der Waals surface area contributed by atoms with E-state index in [1.165, 1.54) is 4.31 Å². The van der Waals surface area contributed by atoms with Crippen LogP contribution >= 0.6 is 0 Å². The first-order valence-electron chi connectivity index (χ1n) is 7.72. The van der Waals surface area contributed by atoms with Crippen LogP contribution in [0, 0.1) is 11.8 Å². The van der Waals surface area contributed by atoms with Gasteiger partial charge in [-0.05, 0) is 12.3 Å². The van der Waals surface area contributed by atoms with E-state index in [1.807, 2.05) is 6.92 Å². The molecule has 1 saturated heterocycles. The number of ether oxygens (including phenoxy) is 3. The molecule has 1 fully saturated rings. The molecule has 0 aliphatic carbocycles. The van der Waals surface area contributed by atoms with Gasteiger partial charge in [0.25, 0.3) is 0 Å². The van der Waals surface area contributed by atoms with Gasteiger partial charge < -0.3 is 19.3 Å². The van der Waals surface area contributed by atoms with Gasteiger partial charge in [-0.15, -0.1) is 0 Å². The van der Waals surface area contributed by atoms with E-state index in [2.05, 4.69) is 0 Å². The molecule has 0 aromatic rings. The lowest BCUT2D eigenvalue weighted by Crippen LogP contribution is -2.46. The van der Waals surface area contributed by atoms with Crippen LogP contribution in [-0.4, -0.2) is 82.8 Å². The van der Waals surface area contributed by atoms with Gasteiger partial charge in [-0.1, -0.05) is 6.92 Å². The van der Waals surface area contributed by atoms with E-state index in [0.717, 1.165) is 0 Å². The number of piperidine rings is 1. The molecule has 136 valence electrons. The summed E-state index contributed by atoms with van der Waals surface area (Å²) in [5.74, 6) is -1.69. The molecule has 0 spiro atoms. The third-order valence-electron chi connectivity index (χ3n) is 3.66. The Bertz CT molecular complexity index is 454. The van der Waals surface area contributed by atoms with Crippen LogP contribution < -0.4 is 0 Å². The fourth-order valence-electron chi connectivity index (χ4n) is 2.47. The second-order valence-corrected chi connectivity index (χ2v) is 7.82. The maximum atomic E-state index is 12.3. The lowest BCUT2D eigenvalue weighted by atomic mass is 9.92. The zero-order valence-electron chi connectivity index (χ0n) is 13.8. The first kappa shape index (κ1) is 20.3. The highest BCUT2D eigenvalue weighted by Gasteiger charge is 2.35. The molecule has 1 aliphatic rings. The Morgan fingerprint density at radius 1 is 1.13 bits per heavy atom. The Balaban J connectivity index is 2.30. The summed E-state index contributed by atoms with van der Waals surface area (Å²) in [6.07, 6.45) is 0.511. The summed E-state index contributed by atoms with van der Waals surface area (Å²) in [6.45, 7) is 4.02. The van der Waals surface area contributed by atoms with E-state index in [0.29, 0.717) is 39.4 Å². The standard InChI is InChI=1S/C14H27NO7S/c1-12-9-13(14(16)17)11-15(10-12)23(18,19)8-7-22-6-5-21-4-3-20-2/h12-13H,3-11H2,1-2H3,(H,16,17). The molecule has 1 N–H and O–H groups in total. The molecule has 1 aliphatic heterocycles. The van der Waals surface area contributed by atoms with Crippen molar-refractivity contribution < 1.29 is 32.5 Å².